The van der Waals surface area contributed by atoms with Gasteiger partial charge in [0.25, 0.3) is 0 Å². The molecular formula is C13H12Cl2FNO. The molecule has 0 unspecified atom stereocenters. The van der Waals surface area contributed by atoms with Crippen LogP contribution in [-0.2, 0) is 5.41 Å². The fourth-order valence-electron chi connectivity index (χ4n) is 1.72. The molecule has 2 aromatic rings. The lowest BCUT2D eigenvalue weighted by molar-refractivity contribution is 0.571. The molecule has 0 aliphatic heterocycles. The molecule has 0 aliphatic carbocycles. The van der Waals surface area contributed by atoms with Gasteiger partial charge in [0, 0.05) is 17.2 Å². The minimum absolute atomic E-state index is 0.103. The van der Waals surface area contributed by atoms with Crippen LogP contribution in [0.2, 0.25) is 10.0 Å². The molecule has 0 radical (unpaired) electrons. The van der Waals surface area contributed by atoms with Crippen LogP contribution in [0.15, 0.2) is 16.9 Å². The van der Waals surface area contributed by atoms with E-state index in [0.29, 0.717) is 5.52 Å². The Morgan fingerprint density at radius 3 is 2.39 bits per heavy atom. The van der Waals surface area contributed by atoms with Crippen molar-refractivity contribution in [3.63, 3.8) is 0 Å². The Morgan fingerprint density at radius 2 is 1.83 bits per heavy atom. The lowest BCUT2D eigenvalue weighted by Gasteiger charge is -2.19. The van der Waals surface area contributed by atoms with E-state index in [2.05, 4.69) is 4.98 Å². The molecule has 96 valence electrons. The average Bonchev–Trinajstić information content (AvgIpc) is 2.23. The highest BCUT2D eigenvalue weighted by atomic mass is 35.5. The number of aromatic nitrogens is 1. The Morgan fingerprint density at radius 1 is 1.22 bits per heavy atom. The fourth-order valence-corrected chi connectivity index (χ4v) is 2.27. The second-order valence-electron chi connectivity index (χ2n) is 5.21. The van der Waals surface area contributed by atoms with E-state index in [-0.39, 0.29) is 26.3 Å². The number of fused-ring (bicyclic) bond motifs is 1. The highest BCUT2D eigenvalue weighted by Crippen LogP contribution is 2.30. The predicted molar refractivity (Wildman–Crippen MR) is 73.2 cm³/mol. The van der Waals surface area contributed by atoms with Crippen molar-refractivity contribution >= 4 is 34.1 Å². The second kappa shape index (κ2) is 4.25. The summed E-state index contributed by atoms with van der Waals surface area (Å²) >= 11 is 11.6. The van der Waals surface area contributed by atoms with Crippen LogP contribution < -0.4 is 5.43 Å². The van der Waals surface area contributed by atoms with E-state index >= 15 is 0 Å². The van der Waals surface area contributed by atoms with E-state index in [9.17, 15) is 9.18 Å². The number of hydrogen-bond acceptors (Lipinski definition) is 1. The molecule has 0 atom stereocenters. The van der Waals surface area contributed by atoms with Crippen molar-refractivity contribution in [1.82, 2.24) is 4.98 Å². The molecule has 1 aromatic carbocycles. The van der Waals surface area contributed by atoms with Gasteiger partial charge in [0.1, 0.15) is 0 Å². The Balaban J connectivity index is 2.92. The van der Waals surface area contributed by atoms with E-state index in [1.165, 1.54) is 12.1 Å². The van der Waals surface area contributed by atoms with Crippen molar-refractivity contribution in [1.29, 1.82) is 0 Å². The molecule has 1 heterocycles. The molecule has 1 N–H and O–H groups in total. The first-order valence-electron chi connectivity index (χ1n) is 5.43. The van der Waals surface area contributed by atoms with Crippen LogP contribution in [0, 0.1) is 5.82 Å². The molecule has 0 amide bonds. The summed E-state index contributed by atoms with van der Waals surface area (Å²) in [6.07, 6.45) is 0. The summed E-state index contributed by atoms with van der Waals surface area (Å²) in [5, 5.41) is -0.208. The Hall–Kier alpha value is -1.06. The summed E-state index contributed by atoms with van der Waals surface area (Å²) in [4.78, 5) is 15.1. The number of rotatable bonds is 0. The van der Waals surface area contributed by atoms with Crippen LogP contribution >= 0.6 is 23.2 Å². The first-order chi connectivity index (χ1) is 8.21. The maximum Gasteiger partial charge on any atom is 0.191 e. The predicted octanol–water partition coefficient (Wildman–Crippen LogP) is 4.27. The van der Waals surface area contributed by atoms with E-state index < -0.39 is 5.82 Å². The minimum atomic E-state index is -0.764. The lowest BCUT2D eigenvalue weighted by Crippen LogP contribution is -2.18. The maximum absolute atomic E-state index is 13.6. The molecular weight excluding hydrogens is 276 g/mol. The number of H-pyrrole nitrogens is 1. The maximum atomic E-state index is 13.6. The number of halogens is 3. The monoisotopic (exact) mass is 287 g/mol. The summed E-state index contributed by atoms with van der Waals surface area (Å²) in [5.41, 5.74) is 0.664. The van der Waals surface area contributed by atoms with Crippen molar-refractivity contribution < 1.29 is 4.39 Å². The summed E-state index contributed by atoms with van der Waals surface area (Å²) < 4.78 is 13.6. The van der Waals surface area contributed by atoms with Crippen LogP contribution in [0.4, 0.5) is 4.39 Å². The fraction of sp³-hybridized carbons (Fsp3) is 0.308. The summed E-state index contributed by atoms with van der Waals surface area (Å²) in [5.74, 6) is -0.764. The van der Waals surface area contributed by atoms with Gasteiger partial charge in [0.05, 0.1) is 20.9 Å². The molecule has 0 bridgehead atoms. The zero-order valence-electron chi connectivity index (χ0n) is 10.2. The Bertz CT molecular complexity index is 686. The van der Waals surface area contributed by atoms with Gasteiger partial charge in [-0.15, -0.1) is 0 Å². The van der Waals surface area contributed by atoms with Crippen LogP contribution in [0.25, 0.3) is 10.9 Å². The van der Waals surface area contributed by atoms with E-state index in [0.717, 1.165) is 5.69 Å². The Labute approximate surface area is 114 Å². The third kappa shape index (κ3) is 2.13. The normalized spacial score (nSPS) is 12.1. The van der Waals surface area contributed by atoms with Crippen molar-refractivity contribution in [3.05, 3.63) is 43.9 Å². The molecule has 0 fully saturated rings. The van der Waals surface area contributed by atoms with E-state index in [1.807, 2.05) is 20.8 Å². The number of benzene rings is 1. The van der Waals surface area contributed by atoms with Gasteiger partial charge in [0.15, 0.2) is 11.2 Å². The molecule has 1 aromatic heterocycles. The highest BCUT2D eigenvalue weighted by molar-refractivity contribution is 6.38. The van der Waals surface area contributed by atoms with Gasteiger partial charge < -0.3 is 4.98 Å². The largest absolute Gasteiger partial charge is 0.358 e. The van der Waals surface area contributed by atoms with Gasteiger partial charge in [-0.2, -0.15) is 0 Å². The van der Waals surface area contributed by atoms with Crippen LogP contribution in [0.5, 0.6) is 0 Å². The minimum Gasteiger partial charge on any atom is -0.358 e. The third-order valence-corrected chi connectivity index (χ3v) is 3.39. The first kappa shape index (κ1) is 13.4. The topological polar surface area (TPSA) is 32.9 Å². The average molecular weight is 288 g/mol. The number of hydrogen-bond donors (Lipinski definition) is 1. The zero-order chi connectivity index (χ0) is 13.7. The van der Waals surface area contributed by atoms with E-state index in [1.54, 1.807) is 0 Å². The van der Waals surface area contributed by atoms with Crippen molar-refractivity contribution in [2.24, 2.45) is 0 Å². The van der Waals surface area contributed by atoms with Gasteiger partial charge in [-0.1, -0.05) is 44.0 Å². The van der Waals surface area contributed by atoms with Crippen molar-refractivity contribution in [2.75, 3.05) is 0 Å². The van der Waals surface area contributed by atoms with Gasteiger partial charge in [-0.3, -0.25) is 4.79 Å². The quantitative estimate of drug-likeness (QED) is 0.721. The van der Waals surface area contributed by atoms with Gasteiger partial charge >= 0.3 is 0 Å². The third-order valence-electron chi connectivity index (χ3n) is 2.76. The van der Waals surface area contributed by atoms with Crippen LogP contribution in [0.3, 0.4) is 0 Å². The smallest absolute Gasteiger partial charge is 0.191 e. The molecule has 5 heteroatoms. The summed E-state index contributed by atoms with van der Waals surface area (Å²) in [7, 11) is 0. The number of aromatic amines is 1. The molecule has 18 heavy (non-hydrogen) atoms. The van der Waals surface area contributed by atoms with Gasteiger partial charge in [0.2, 0.25) is 0 Å². The summed E-state index contributed by atoms with van der Waals surface area (Å²) in [6.45, 7) is 5.91. The Kier molecular flexibility index (Phi) is 3.16. The number of pyridine rings is 1. The van der Waals surface area contributed by atoms with Gasteiger partial charge in [-0.05, 0) is 6.07 Å². The lowest BCUT2D eigenvalue weighted by atomic mass is 9.91. The molecule has 0 saturated heterocycles. The summed E-state index contributed by atoms with van der Waals surface area (Å²) in [6, 6.07) is 2.83. The van der Waals surface area contributed by atoms with E-state index in [4.69, 9.17) is 23.2 Å². The molecule has 0 saturated carbocycles. The van der Waals surface area contributed by atoms with Crippen molar-refractivity contribution in [3.8, 4) is 0 Å². The molecule has 0 aliphatic rings. The SMILES string of the molecule is CC(C)(C)c1cc(=O)c2c(Cl)c(F)c(Cl)cc2[nH]1. The zero-order valence-corrected chi connectivity index (χ0v) is 11.7. The molecule has 0 spiro atoms. The van der Waals surface area contributed by atoms with Crippen LogP contribution in [0.1, 0.15) is 26.5 Å². The second-order valence-corrected chi connectivity index (χ2v) is 5.99. The van der Waals surface area contributed by atoms with Crippen LogP contribution in [-0.4, -0.2) is 4.98 Å². The van der Waals surface area contributed by atoms with Gasteiger partial charge in [-0.25, -0.2) is 4.39 Å². The first-order valence-corrected chi connectivity index (χ1v) is 6.18. The number of nitrogens with one attached hydrogen (secondary N) is 1. The highest BCUT2D eigenvalue weighted by Gasteiger charge is 2.19. The standard InChI is InChI=1S/C13H12Cl2FNO/c1-13(2,3)9-5-8(18)10-7(17-9)4-6(14)12(16)11(10)15/h4-5H,1-3H3,(H,17,18). The van der Waals surface area contributed by atoms with Crippen molar-refractivity contribution in [2.45, 2.75) is 26.2 Å². The molecule has 2 nitrogen and oxygen atoms in total. The molecule has 2 rings (SSSR count).